The van der Waals surface area contributed by atoms with E-state index in [2.05, 4.69) is 11.9 Å². The molecule has 0 radical (unpaired) electrons. The molecule has 0 aliphatic heterocycles. The lowest BCUT2D eigenvalue weighted by Crippen LogP contribution is -2.37. The molecule has 0 atom stereocenters. The van der Waals surface area contributed by atoms with Crippen molar-refractivity contribution in [2.75, 3.05) is 16.8 Å². The zero-order valence-electron chi connectivity index (χ0n) is 22.8. The maximum Gasteiger partial charge on any atom is 0.356 e. The Morgan fingerprint density at radius 1 is 1.07 bits per heavy atom. The number of aromatic nitrogens is 1. The molecule has 1 fully saturated rings. The number of anilines is 2. The van der Waals surface area contributed by atoms with Gasteiger partial charge < -0.3 is 15.8 Å². The summed E-state index contributed by atoms with van der Waals surface area (Å²) in [6, 6.07) is 16.0. The fourth-order valence-electron chi connectivity index (χ4n) is 4.84. The molecule has 3 N–H and O–H groups in total. The minimum absolute atomic E-state index is 0.0115. The maximum absolute atomic E-state index is 14.0. The summed E-state index contributed by atoms with van der Waals surface area (Å²) in [7, 11) is -4.44. The van der Waals surface area contributed by atoms with Crippen LogP contribution in [0.3, 0.4) is 0 Å². The molecule has 3 amide bonds. The van der Waals surface area contributed by atoms with Crippen LogP contribution in [0, 0.1) is 0 Å². The Labute approximate surface area is 257 Å². The highest BCUT2D eigenvalue weighted by Crippen LogP contribution is 2.41. The summed E-state index contributed by atoms with van der Waals surface area (Å²) in [5, 5.41) is 2.86. The molecule has 0 bridgehead atoms. The Balaban J connectivity index is 1.66. The molecular formula is C30H26Cl2N4O6S. The number of halogens is 2. The van der Waals surface area contributed by atoms with Crippen LogP contribution in [0.15, 0.2) is 78.2 Å². The van der Waals surface area contributed by atoms with Crippen LogP contribution in [0.4, 0.5) is 16.2 Å². The molecule has 10 nitrogen and oxygen atoms in total. The summed E-state index contributed by atoms with van der Waals surface area (Å²) in [6.45, 7) is 5.41. The van der Waals surface area contributed by atoms with E-state index >= 15 is 0 Å². The van der Waals surface area contributed by atoms with Crippen LogP contribution < -0.4 is 16.0 Å². The number of rotatable bonds is 9. The zero-order chi connectivity index (χ0) is 31.1. The van der Waals surface area contributed by atoms with Gasteiger partial charge in [-0.2, -0.15) is 0 Å². The zero-order valence-corrected chi connectivity index (χ0v) is 25.2. The molecule has 222 valence electrons. The third-order valence-corrected chi connectivity index (χ3v) is 9.04. The quantitative estimate of drug-likeness (QED) is 0.168. The van der Waals surface area contributed by atoms with E-state index in [9.17, 15) is 22.8 Å². The average molecular weight is 642 g/mol. The van der Waals surface area contributed by atoms with Crippen molar-refractivity contribution >= 4 is 79.0 Å². The lowest BCUT2D eigenvalue weighted by atomic mass is 10.0. The molecule has 1 aliphatic rings. The Hall–Kier alpha value is -4.32. The third kappa shape index (κ3) is 5.71. The molecule has 1 heterocycles. The van der Waals surface area contributed by atoms with Crippen molar-refractivity contribution in [1.82, 2.24) is 3.97 Å². The number of nitrogens with zero attached hydrogens (tertiary/aromatic N) is 2. The van der Waals surface area contributed by atoms with Gasteiger partial charge in [-0.1, -0.05) is 54.0 Å². The second kappa shape index (κ2) is 11.8. The van der Waals surface area contributed by atoms with E-state index < -0.39 is 33.6 Å². The van der Waals surface area contributed by atoms with Crippen LogP contribution in [0.1, 0.15) is 35.8 Å². The van der Waals surface area contributed by atoms with E-state index in [-0.39, 0.29) is 49.6 Å². The summed E-state index contributed by atoms with van der Waals surface area (Å²) in [6.07, 6.45) is 1.63. The van der Waals surface area contributed by atoms with Gasteiger partial charge in [-0.05, 0) is 62.2 Å². The summed E-state index contributed by atoms with van der Waals surface area (Å²) in [4.78, 5) is 40.5. The normalized spacial score (nSPS) is 13.0. The van der Waals surface area contributed by atoms with Crippen LogP contribution in [-0.4, -0.2) is 42.9 Å². The smallest absolute Gasteiger partial charge is 0.356 e. The van der Waals surface area contributed by atoms with E-state index in [0.717, 1.165) is 16.8 Å². The first-order valence-corrected chi connectivity index (χ1v) is 15.4. The molecule has 1 aliphatic carbocycles. The molecular weight excluding hydrogens is 615 g/mol. The molecule has 1 saturated carbocycles. The first-order chi connectivity index (χ1) is 20.4. The van der Waals surface area contributed by atoms with Crippen LogP contribution in [-0.2, 0) is 19.6 Å². The highest BCUT2D eigenvalue weighted by molar-refractivity contribution is 7.90. The number of esters is 1. The van der Waals surface area contributed by atoms with Crippen molar-refractivity contribution in [2.45, 2.75) is 30.7 Å². The van der Waals surface area contributed by atoms with Crippen molar-refractivity contribution in [1.29, 1.82) is 0 Å². The van der Waals surface area contributed by atoms with E-state index in [0.29, 0.717) is 11.4 Å². The van der Waals surface area contributed by atoms with E-state index in [1.54, 1.807) is 37.3 Å². The number of benzene rings is 3. The van der Waals surface area contributed by atoms with Gasteiger partial charge in [0, 0.05) is 39.0 Å². The van der Waals surface area contributed by atoms with Crippen molar-refractivity contribution < 1.29 is 27.5 Å². The highest BCUT2D eigenvalue weighted by Gasteiger charge is 2.36. The standard InChI is InChI=1S/C30H26Cl2N4O6S/c1-3-42-29(38)27-25(17(2)28(37)34-19-8-7-9-21(16-19)35(30(33)39)20-12-13-20)26-23(32)14-18(31)15-24(26)36(27)43(40,41)22-10-5-4-6-11-22/h4-11,14-16,20H,2-3,12-13H2,1H3,(H2,33,39)(H,34,37). The topological polar surface area (TPSA) is 141 Å². The average Bonchev–Trinajstić information content (AvgIpc) is 3.72. The predicted octanol–water partition coefficient (Wildman–Crippen LogP) is 6.06. The summed E-state index contributed by atoms with van der Waals surface area (Å²) >= 11 is 12.9. The number of ether oxygens (including phenoxy) is 1. The van der Waals surface area contributed by atoms with Crippen LogP contribution in [0.5, 0.6) is 0 Å². The number of hydrogen-bond acceptors (Lipinski definition) is 6. The largest absolute Gasteiger partial charge is 0.461 e. The molecule has 0 saturated heterocycles. The molecule has 43 heavy (non-hydrogen) atoms. The van der Waals surface area contributed by atoms with Crippen molar-refractivity contribution in [3.8, 4) is 0 Å². The van der Waals surface area contributed by atoms with Crippen molar-refractivity contribution in [3.05, 3.63) is 94.6 Å². The Morgan fingerprint density at radius 3 is 2.40 bits per heavy atom. The fraction of sp³-hybridized carbons (Fsp3) is 0.167. The van der Waals surface area contributed by atoms with Crippen molar-refractivity contribution in [3.63, 3.8) is 0 Å². The molecule has 13 heteroatoms. The van der Waals surface area contributed by atoms with Crippen LogP contribution in [0.25, 0.3) is 16.5 Å². The lowest BCUT2D eigenvalue weighted by Gasteiger charge is -2.20. The summed E-state index contributed by atoms with van der Waals surface area (Å²) < 4.78 is 34.1. The number of primary amides is 1. The summed E-state index contributed by atoms with van der Waals surface area (Å²) in [5.41, 5.74) is 5.47. The van der Waals surface area contributed by atoms with E-state index in [1.165, 1.54) is 41.3 Å². The van der Waals surface area contributed by atoms with Gasteiger partial charge >= 0.3 is 12.0 Å². The number of nitrogens with one attached hydrogen (secondary N) is 1. The Kier molecular flexibility index (Phi) is 8.24. The molecule has 1 aromatic heterocycles. The second-order valence-electron chi connectivity index (χ2n) is 9.73. The summed E-state index contributed by atoms with van der Waals surface area (Å²) in [5.74, 6) is -1.78. The first-order valence-electron chi connectivity index (χ1n) is 13.2. The minimum Gasteiger partial charge on any atom is -0.461 e. The number of carbonyl (C=O) groups excluding carboxylic acids is 3. The van der Waals surface area contributed by atoms with Gasteiger partial charge in [0.05, 0.1) is 22.0 Å². The monoisotopic (exact) mass is 640 g/mol. The molecule has 4 aromatic rings. The van der Waals surface area contributed by atoms with Crippen molar-refractivity contribution in [2.24, 2.45) is 5.73 Å². The number of amides is 3. The highest BCUT2D eigenvalue weighted by atomic mass is 35.5. The van der Waals surface area contributed by atoms with Gasteiger partial charge in [-0.15, -0.1) is 0 Å². The molecule has 5 rings (SSSR count). The number of hydrogen-bond donors (Lipinski definition) is 2. The Bertz CT molecular complexity index is 1900. The molecule has 3 aromatic carbocycles. The number of urea groups is 1. The Morgan fingerprint density at radius 2 is 1.77 bits per heavy atom. The SMILES string of the molecule is C=C(C(=O)Nc1cccc(N(C(N)=O)C2CC2)c1)c1c(C(=O)OCC)n(S(=O)(=O)c2ccccc2)c2cc(Cl)cc(Cl)c12. The number of fused-ring (bicyclic) bond motifs is 1. The molecule has 0 unspecified atom stereocenters. The van der Waals surface area contributed by atoms with E-state index in [4.69, 9.17) is 33.7 Å². The second-order valence-corrected chi connectivity index (χ2v) is 12.4. The van der Waals surface area contributed by atoms with Gasteiger partial charge in [0.2, 0.25) is 0 Å². The van der Waals surface area contributed by atoms with Gasteiger partial charge in [-0.25, -0.2) is 22.0 Å². The first kappa shape index (κ1) is 30.1. The third-order valence-electron chi connectivity index (χ3n) is 6.80. The van der Waals surface area contributed by atoms with Gasteiger partial charge in [-0.3, -0.25) is 9.69 Å². The lowest BCUT2D eigenvalue weighted by molar-refractivity contribution is -0.111. The van der Waals surface area contributed by atoms with E-state index in [1.807, 2.05) is 0 Å². The van der Waals surface area contributed by atoms with Gasteiger partial charge in [0.15, 0.2) is 5.69 Å². The fourth-order valence-corrected chi connectivity index (χ4v) is 6.94. The van der Waals surface area contributed by atoms with Gasteiger partial charge in [0.25, 0.3) is 15.9 Å². The number of nitrogens with two attached hydrogens (primary N) is 1. The molecule has 0 spiro atoms. The number of carbonyl (C=O) groups is 3. The van der Waals surface area contributed by atoms with Crippen LogP contribution >= 0.6 is 23.2 Å². The van der Waals surface area contributed by atoms with Crippen LogP contribution in [0.2, 0.25) is 10.0 Å². The van der Waals surface area contributed by atoms with Gasteiger partial charge in [0.1, 0.15) is 0 Å². The minimum atomic E-state index is -4.44. The maximum atomic E-state index is 14.0. The predicted molar refractivity (Wildman–Crippen MR) is 166 cm³/mol.